The Kier molecular flexibility index (Phi) is 5.42. The summed E-state index contributed by atoms with van der Waals surface area (Å²) in [7, 11) is 0. The summed E-state index contributed by atoms with van der Waals surface area (Å²) in [6.07, 6.45) is 2.38. The predicted octanol–water partition coefficient (Wildman–Crippen LogP) is 2.84. The van der Waals surface area contributed by atoms with Crippen molar-refractivity contribution in [2.24, 2.45) is 0 Å². The minimum absolute atomic E-state index is 0.0308. The Labute approximate surface area is 172 Å². The van der Waals surface area contributed by atoms with E-state index < -0.39 is 4.92 Å². The largest absolute Gasteiger partial charge is 0.336 e. The van der Waals surface area contributed by atoms with Gasteiger partial charge in [-0.2, -0.15) is 0 Å². The van der Waals surface area contributed by atoms with Gasteiger partial charge in [-0.15, -0.1) is 11.3 Å². The van der Waals surface area contributed by atoms with E-state index in [0.717, 1.165) is 28.4 Å². The van der Waals surface area contributed by atoms with E-state index >= 15 is 0 Å². The van der Waals surface area contributed by atoms with Crippen molar-refractivity contribution in [2.75, 3.05) is 26.2 Å². The van der Waals surface area contributed by atoms with E-state index in [1.807, 2.05) is 0 Å². The monoisotopic (exact) mass is 414 g/mol. The van der Waals surface area contributed by atoms with Crippen LogP contribution in [0, 0.1) is 17.0 Å². The predicted molar refractivity (Wildman–Crippen MR) is 108 cm³/mol. The fourth-order valence-corrected chi connectivity index (χ4v) is 4.93. The van der Waals surface area contributed by atoms with Crippen LogP contribution >= 0.6 is 11.3 Å². The van der Waals surface area contributed by atoms with Gasteiger partial charge in [-0.25, -0.2) is 4.98 Å². The molecule has 0 N–H and O–H groups in total. The van der Waals surface area contributed by atoms with E-state index in [-0.39, 0.29) is 17.4 Å². The second-order valence-electron chi connectivity index (χ2n) is 7.49. The molecule has 4 rings (SSSR count). The molecule has 1 aromatic heterocycles. The number of hydrogen-bond donors (Lipinski definition) is 0. The normalized spacial score (nSPS) is 17.3. The maximum Gasteiger partial charge on any atom is 0.273 e. The minimum Gasteiger partial charge on any atom is -0.336 e. The maximum atomic E-state index is 12.8. The topological polar surface area (TPSA) is 96.7 Å². The third-order valence-corrected chi connectivity index (χ3v) is 6.61. The molecule has 2 aromatic rings. The zero-order valence-corrected chi connectivity index (χ0v) is 17.0. The van der Waals surface area contributed by atoms with Crippen LogP contribution in [0.3, 0.4) is 0 Å². The van der Waals surface area contributed by atoms with E-state index in [1.165, 1.54) is 17.4 Å². The molecule has 1 amide bonds. The Morgan fingerprint density at radius 1 is 1.24 bits per heavy atom. The number of hydrogen-bond acceptors (Lipinski definition) is 7. The number of benzene rings is 1. The maximum absolute atomic E-state index is 12.8. The molecule has 1 aliphatic heterocycles. The van der Waals surface area contributed by atoms with Crippen LogP contribution in [0.25, 0.3) is 0 Å². The van der Waals surface area contributed by atoms with E-state index in [2.05, 4.69) is 9.88 Å². The van der Waals surface area contributed by atoms with Crippen LogP contribution in [0.1, 0.15) is 49.1 Å². The smallest absolute Gasteiger partial charge is 0.273 e. The number of nitro groups is 1. The molecule has 2 heterocycles. The molecule has 1 saturated heterocycles. The van der Waals surface area contributed by atoms with Gasteiger partial charge in [0.2, 0.25) is 0 Å². The average molecular weight is 414 g/mol. The summed E-state index contributed by atoms with van der Waals surface area (Å²) in [5.41, 5.74) is 1.80. The number of thiazole rings is 1. The fraction of sp³-hybridized carbons (Fsp3) is 0.450. The number of amides is 1. The van der Waals surface area contributed by atoms with E-state index in [0.29, 0.717) is 50.3 Å². The van der Waals surface area contributed by atoms with Crippen LogP contribution in [0.5, 0.6) is 0 Å². The number of nitrogens with zero attached hydrogens (tertiary/aromatic N) is 4. The Hall–Kier alpha value is -2.65. The molecule has 29 heavy (non-hydrogen) atoms. The summed E-state index contributed by atoms with van der Waals surface area (Å²) in [6, 6.07) is 4.63. The highest BCUT2D eigenvalue weighted by atomic mass is 32.1. The molecule has 0 bridgehead atoms. The van der Waals surface area contributed by atoms with Gasteiger partial charge >= 0.3 is 0 Å². The Bertz CT molecular complexity index is 979. The molecule has 0 unspecified atom stereocenters. The van der Waals surface area contributed by atoms with Gasteiger partial charge in [0.15, 0.2) is 5.78 Å². The standard InChI is InChI=1S/C20H22N4O4S/c1-13-5-6-14(11-16(13)24(27)28)20(26)23-9-7-22(8-10-23)12-18-21-15-3-2-4-17(25)19(15)29-18/h5-6,11H,2-4,7-10,12H2,1H3. The molecule has 1 aliphatic carbocycles. The first kappa shape index (κ1) is 19.7. The highest BCUT2D eigenvalue weighted by Crippen LogP contribution is 2.28. The molecular weight excluding hydrogens is 392 g/mol. The van der Waals surface area contributed by atoms with Gasteiger partial charge in [0.05, 0.1) is 22.0 Å². The van der Waals surface area contributed by atoms with Crippen molar-refractivity contribution in [1.82, 2.24) is 14.8 Å². The number of carbonyl (C=O) groups is 2. The van der Waals surface area contributed by atoms with Crippen molar-refractivity contribution in [3.63, 3.8) is 0 Å². The third-order valence-electron chi connectivity index (χ3n) is 5.48. The molecule has 152 valence electrons. The number of rotatable bonds is 4. The van der Waals surface area contributed by atoms with Gasteiger partial charge in [0, 0.05) is 49.8 Å². The van der Waals surface area contributed by atoms with Gasteiger partial charge in [-0.3, -0.25) is 24.6 Å². The fourth-order valence-electron chi connectivity index (χ4n) is 3.81. The Balaban J connectivity index is 1.37. The van der Waals surface area contributed by atoms with Crippen LogP contribution in [0.15, 0.2) is 18.2 Å². The lowest BCUT2D eigenvalue weighted by Gasteiger charge is -2.34. The van der Waals surface area contributed by atoms with Crippen LogP contribution in [-0.4, -0.2) is 57.6 Å². The highest BCUT2D eigenvalue weighted by Gasteiger charge is 2.26. The summed E-state index contributed by atoms with van der Waals surface area (Å²) in [6.45, 7) is 4.88. The number of piperazine rings is 1. The number of fused-ring (bicyclic) bond motifs is 1. The van der Waals surface area contributed by atoms with Gasteiger partial charge in [-0.05, 0) is 25.8 Å². The van der Waals surface area contributed by atoms with Crippen LogP contribution in [0.4, 0.5) is 5.69 Å². The molecule has 1 aromatic carbocycles. The van der Waals surface area contributed by atoms with Crippen LogP contribution < -0.4 is 0 Å². The summed E-state index contributed by atoms with van der Waals surface area (Å²) >= 11 is 1.50. The lowest BCUT2D eigenvalue weighted by molar-refractivity contribution is -0.385. The van der Waals surface area contributed by atoms with Crippen molar-refractivity contribution in [3.8, 4) is 0 Å². The first-order valence-electron chi connectivity index (χ1n) is 9.71. The molecule has 0 atom stereocenters. The molecule has 9 heteroatoms. The van der Waals surface area contributed by atoms with E-state index in [4.69, 9.17) is 0 Å². The van der Waals surface area contributed by atoms with Gasteiger partial charge < -0.3 is 4.90 Å². The SMILES string of the molecule is Cc1ccc(C(=O)N2CCN(Cc3nc4c(s3)C(=O)CCC4)CC2)cc1[N+](=O)[O-]. The molecule has 2 aliphatic rings. The van der Waals surface area contributed by atoms with Crippen molar-refractivity contribution in [1.29, 1.82) is 0 Å². The Morgan fingerprint density at radius 3 is 2.69 bits per heavy atom. The molecule has 0 radical (unpaired) electrons. The number of ketones is 1. The van der Waals surface area contributed by atoms with Gasteiger partial charge in [-0.1, -0.05) is 6.07 Å². The van der Waals surface area contributed by atoms with Crippen molar-refractivity contribution in [2.45, 2.75) is 32.7 Å². The molecule has 1 fully saturated rings. The molecule has 0 spiro atoms. The number of aromatic nitrogens is 1. The zero-order valence-electron chi connectivity index (χ0n) is 16.2. The molecule has 0 saturated carbocycles. The second kappa shape index (κ2) is 8.00. The minimum atomic E-state index is -0.456. The quantitative estimate of drug-likeness (QED) is 0.564. The first-order valence-corrected chi connectivity index (χ1v) is 10.5. The first-order chi connectivity index (χ1) is 13.9. The summed E-state index contributed by atoms with van der Waals surface area (Å²) in [5, 5.41) is 12.1. The van der Waals surface area contributed by atoms with Crippen molar-refractivity contribution in [3.05, 3.63) is 55.0 Å². The van der Waals surface area contributed by atoms with Gasteiger partial charge in [0.25, 0.3) is 11.6 Å². The summed E-state index contributed by atoms with van der Waals surface area (Å²) in [5.74, 6) is 0.0284. The average Bonchev–Trinajstić information content (AvgIpc) is 3.12. The molecular formula is C20H22N4O4S. The van der Waals surface area contributed by atoms with Crippen molar-refractivity contribution < 1.29 is 14.5 Å². The zero-order chi connectivity index (χ0) is 20.5. The molecule has 8 nitrogen and oxygen atoms in total. The van der Waals surface area contributed by atoms with Crippen LogP contribution in [0.2, 0.25) is 0 Å². The highest BCUT2D eigenvalue weighted by molar-refractivity contribution is 7.13. The van der Waals surface area contributed by atoms with E-state index in [1.54, 1.807) is 24.0 Å². The second-order valence-corrected chi connectivity index (χ2v) is 8.57. The van der Waals surface area contributed by atoms with Crippen molar-refractivity contribution >= 4 is 28.7 Å². The Morgan fingerprint density at radius 2 is 2.00 bits per heavy atom. The van der Waals surface area contributed by atoms with Gasteiger partial charge in [0.1, 0.15) is 5.01 Å². The lowest BCUT2D eigenvalue weighted by Crippen LogP contribution is -2.48. The van der Waals surface area contributed by atoms with E-state index in [9.17, 15) is 19.7 Å². The summed E-state index contributed by atoms with van der Waals surface area (Å²) in [4.78, 5) is 44.9. The number of Topliss-reactive ketones (excluding diaryl/α,β-unsaturated/α-hetero) is 1. The third kappa shape index (κ3) is 4.06. The number of aryl methyl sites for hydroxylation is 2. The number of carbonyl (C=O) groups excluding carboxylic acids is 2. The number of nitro benzene ring substituents is 1. The lowest BCUT2D eigenvalue weighted by atomic mass is 10.0. The summed E-state index contributed by atoms with van der Waals surface area (Å²) < 4.78 is 0. The van der Waals surface area contributed by atoms with Crippen LogP contribution in [-0.2, 0) is 13.0 Å².